The molecule has 0 atom stereocenters. The van der Waals surface area contributed by atoms with E-state index in [2.05, 4.69) is 54.2 Å². The van der Waals surface area contributed by atoms with Crippen molar-refractivity contribution in [2.45, 2.75) is 19.8 Å². The standard InChI is InChI=1S/C24H29N7O3/c1-2-34-24(32)17-7-10-30(11-8-17)22-21(28-33)23(27-16-26-22)31-14-12-29(13-15-31)20-5-3-4-19-18(20)6-9-25-19/h3-6,9,16-17,25H,2,7-8,10-15H2,1H3. The number of esters is 1. The number of nitrogens with zero attached hydrogens (tertiary/aromatic N) is 6. The molecule has 1 N–H and O–H groups in total. The maximum Gasteiger partial charge on any atom is 0.309 e. The summed E-state index contributed by atoms with van der Waals surface area (Å²) in [5, 5.41) is 4.56. The van der Waals surface area contributed by atoms with Crippen molar-refractivity contribution in [3.8, 4) is 0 Å². The second kappa shape index (κ2) is 9.66. The van der Waals surface area contributed by atoms with Crippen LogP contribution >= 0.6 is 0 Å². The summed E-state index contributed by atoms with van der Waals surface area (Å²) < 4.78 is 5.16. The number of aromatic amines is 1. The predicted octanol–water partition coefficient (Wildman–Crippen LogP) is 3.46. The first-order valence-corrected chi connectivity index (χ1v) is 11.9. The van der Waals surface area contributed by atoms with E-state index >= 15 is 0 Å². The monoisotopic (exact) mass is 463 g/mol. The summed E-state index contributed by atoms with van der Waals surface area (Å²) in [7, 11) is 0. The molecule has 2 aromatic heterocycles. The Hall–Kier alpha value is -3.69. The maximum absolute atomic E-state index is 12.1. The number of hydrogen-bond acceptors (Lipinski definition) is 9. The van der Waals surface area contributed by atoms with Crippen LogP contribution in [0.15, 0.2) is 42.0 Å². The highest BCUT2D eigenvalue weighted by atomic mass is 16.5. The molecule has 3 aromatic rings. The number of piperidine rings is 1. The number of fused-ring (bicyclic) bond motifs is 1. The summed E-state index contributed by atoms with van der Waals surface area (Å²) in [6, 6.07) is 8.39. The number of H-pyrrole nitrogens is 1. The first kappa shape index (κ1) is 22.1. The van der Waals surface area contributed by atoms with Crippen molar-refractivity contribution in [3.05, 3.63) is 41.7 Å². The molecule has 0 spiro atoms. The van der Waals surface area contributed by atoms with Crippen molar-refractivity contribution < 1.29 is 9.53 Å². The Morgan fingerprint density at radius 3 is 2.38 bits per heavy atom. The molecule has 178 valence electrons. The largest absolute Gasteiger partial charge is 0.466 e. The third kappa shape index (κ3) is 4.15. The Morgan fingerprint density at radius 1 is 1.03 bits per heavy atom. The van der Waals surface area contributed by atoms with Gasteiger partial charge in [0.05, 0.1) is 12.5 Å². The summed E-state index contributed by atoms with van der Waals surface area (Å²) in [6.45, 7) is 6.53. The number of ether oxygens (including phenoxy) is 1. The van der Waals surface area contributed by atoms with Gasteiger partial charge in [-0.15, -0.1) is 4.91 Å². The van der Waals surface area contributed by atoms with Gasteiger partial charge in [-0.3, -0.25) is 4.79 Å². The first-order valence-electron chi connectivity index (χ1n) is 11.9. The van der Waals surface area contributed by atoms with Crippen molar-refractivity contribution >= 4 is 39.9 Å². The molecule has 34 heavy (non-hydrogen) atoms. The number of rotatable bonds is 6. The number of nitroso groups, excluding NO2 is 1. The molecule has 2 saturated heterocycles. The van der Waals surface area contributed by atoms with Gasteiger partial charge < -0.3 is 24.4 Å². The Labute approximate surface area is 197 Å². The molecule has 0 unspecified atom stereocenters. The normalized spacial score (nSPS) is 17.3. The lowest BCUT2D eigenvalue weighted by atomic mass is 9.97. The lowest BCUT2D eigenvalue weighted by Gasteiger charge is -2.38. The van der Waals surface area contributed by atoms with E-state index in [1.54, 1.807) is 0 Å². The lowest BCUT2D eigenvalue weighted by Crippen LogP contribution is -2.47. The van der Waals surface area contributed by atoms with Gasteiger partial charge >= 0.3 is 5.97 Å². The molecule has 1 aromatic carbocycles. The molecule has 2 aliphatic heterocycles. The highest BCUT2D eigenvalue weighted by Crippen LogP contribution is 2.37. The zero-order valence-corrected chi connectivity index (χ0v) is 19.3. The van der Waals surface area contributed by atoms with Crippen LogP contribution in [-0.2, 0) is 9.53 Å². The molecule has 0 aliphatic carbocycles. The number of carbonyl (C=O) groups excluding carboxylic acids is 1. The average molecular weight is 464 g/mol. The number of benzene rings is 1. The van der Waals surface area contributed by atoms with Gasteiger partial charge in [-0.05, 0) is 43.1 Å². The van der Waals surface area contributed by atoms with E-state index < -0.39 is 0 Å². The molecular weight excluding hydrogens is 434 g/mol. The lowest BCUT2D eigenvalue weighted by molar-refractivity contribution is -0.148. The highest BCUT2D eigenvalue weighted by molar-refractivity contribution is 5.92. The van der Waals surface area contributed by atoms with Crippen LogP contribution in [0, 0.1) is 10.8 Å². The predicted molar refractivity (Wildman–Crippen MR) is 132 cm³/mol. The molecule has 2 aliphatic rings. The molecule has 5 rings (SSSR count). The van der Waals surface area contributed by atoms with Gasteiger partial charge in [0, 0.05) is 62.1 Å². The number of aromatic nitrogens is 3. The summed E-state index contributed by atoms with van der Waals surface area (Å²) in [5.41, 5.74) is 2.61. The Bertz CT molecular complexity index is 1160. The smallest absolute Gasteiger partial charge is 0.309 e. The third-order valence-corrected chi connectivity index (χ3v) is 6.78. The van der Waals surface area contributed by atoms with Gasteiger partial charge in [0.15, 0.2) is 17.3 Å². The molecule has 0 amide bonds. The van der Waals surface area contributed by atoms with Crippen LogP contribution in [0.1, 0.15) is 19.8 Å². The SMILES string of the molecule is CCOC(=O)C1CCN(c2ncnc(N3CCN(c4cccc5[nH]ccc45)CC3)c2N=O)CC1. The summed E-state index contributed by atoms with van der Waals surface area (Å²) in [6.07, 6.45) is 4.80. The van der Waals surface area contributed by atoms with Crippen LogP contribution in [0.5, 0.6) is 0 Å². The van der Waals surface area contributed by atoms with Gasteiger partial charge in [-0.25, -0.2) is 9.97 Å². The van der Waals surface area contributed by atoms with E-state index in [0.29, 0.717) is 44.2 Å². The minimum absolute atomic E-state index is 0.109. The van der Waals surface area contributed by atoms with Crippen molar-refractivity contribution in [2.24, 2.45) is 11.1 Å². The molecule has 2 fully saturated rings. The number of carbonyl (C=O) groups is 1. The van der Waals surface area contributed by atoms with Gasteiger partial charge in [-0.1, -0.05) is 6.07 Å². The maximum atomic E-state index is 12.1. The van der Waals surface area contributed by atoms with Crippen molar-refractivity contribution in [1.82, 2.24) is 15.0 Å². The molecule has 0 saturated carbocycles. The van der Waals surface area contributed by atoms with E-state index in [4.69, 9.17) is 4.74 Å². The Kier molecular flexibility index (Phi) is 6.29. The minimum atomic E-state index is -0.146. The Balaban J connectivity index is 1.29. The fourth-order valence-electron chi connectivity index (χ4n) is 5.00. The van der Waals surface area contributed by atoms with E-state index in [-0.39, 0.29) is 17.6 Å². The number of piperazine rings is 1. The fraction of sp³-hybridized carbons (Fsp3) is 0.458. The summed E-state index contributed by atoms with van der Waals surface area (Å²) in [4.78, 5) is 42.6. The highest BCUT2D eigenvalue weighted by Gasteiger charge is 2.30. The van der Waals surface area contributed by atoms with E-state index in [0.717, 1.165) is 31.7 Å². The van der Waals surface area contributed by atoms with Crippen LogP contribution in [-0.4, -0.2) is 66.8 Å². The van der Waals surface area contributed by atoms with Crippen molar-refractivity contribution in [3.63, 3.8) is 0 Å². The number of nitrogens with one attached hydrogen (secondary N) is 1. The van der Waals surface area contributed by atoms with Gasteiger partial charge in [-0.2, -0.15) is 0 Å². The van der Waals surface area contributed by atoms with E-state index in [1.165, 1.54) is 17.4 Å². The molecular formula is C24H29N7O3. The molecule has 0 bridgehead atoms. The minimum Gasteiger partial charge on any atom is -0.466 e. The second-order valence-electron chi connectivity index (χ2n) is 8.66. The Morgan fingerprint density at radius 2 is 1.71 bits per heavy atom. The number of anilines is 3. The van der Waals surface area contributed by atoms with Crippen LogP contribution in [0.2, 0.25) is 0 Å². The van der Waals surface area contributed by atoms with Crippen molar-refractivity contribution in [2.75, 3.05) is 60.6 Å². The molecule has 10 heteroatoms. The number of hydrogen-bond donors (Lipinski definition) is 1. The van der Waals surface area contributed by atoms with Crippen LogP contribution < -0.4 is 14.7 Å². The average Bonchev–Trinajstić information content (AvgIpc) is 3.38. The summed E-state index contributed by atoms with van der Waals surface area (Å²) in [5.74, 6) is 0.865. The second-order valence-corrected chi connectivity index (χ2v) is 8.66. The van der Waals surface area contributed by atoms with Crippen LogP contribution in [0.4, 0.5) is 23.0 Å². The third-order valence-electron chi connectivity index (χ3n) is 6.78. The molecule has 10 nitrogen and oxygen atoms in total. The van der Waals surface area contributed by atoms with Gasteiger partial charge in [0.1, 0.15) is 6.33 Å². The zero-order valence-electron chi connectivity index (χ0n) is 19.3. The quantitative estimate of drug-likeness (QED) is 0.438. The van der Waals surface area contributed by atoms with Gasteiger partial charge in [0.2, 0.25) is 0 Å². The van der Waals surface area contributed by atoms with E-state index in [1.807, 2.05) is 18.0 Å². The van der Waals surface area contributed by atoms with Crippen LogP contribution in [0.25, 0.3) is 10.9 Å². The molecule has 0 radical (unpaired) electrons. The van der Waals surface area contributed by atoms with Crippen LogP contribution in [0.3, 0.4) is 0 Å². The fourth-order valence-corrected chi connectivity index (χ4v) is 5.00. The zero-order chi connectivity index (χ0) is 23.5. The topological polar surface area (TPSA) is 107 Å². The molecule has 4 heterocycles. The summed E-state index contributed by atoms with van der Waals surface area (Å²) >= 11 is 0. The van der Waals surface area contributed by atoms with Crippen molar-refractivity contribution in [1.29, 1.82) is 0 Å². The van der Waals surface area contributed by atoms with Gasteiger partial charge in [0.25, 0.3) is 0 Å². The van der Waals surface area contributed by atoms with E-state index in [9.17, 15) is 9.70 Å². The first-order chi connectivity index (χ1) is 16.7.